The van der Waals surface area contributed by atoms with E-state index in [0.29, 0.717) is 11.7 Å². The third kappa shape index (κ3) is 0.808. The molecule has 1 saturated carbocycles. The summed E-state index contributed by atoms with van der Waals surface area (Å²) in [5, 5.41) is 0. The Bertz CT molecular complexity index is 127. The first-order valence-electron chi connectivity index (χ1n) is 2.87. The molecular formula is C7H10O. The molecule has 0 heterocycles. The van der Waals surface area contributed by atoms with E-state index >= 15 is 0 Å². The lowest BCUT2D eigenvalue weighted by Crippen LogP contribution is -2.23. The summed E-state index contributed by atoms with van der Waals surface area (Å²) in [4.78, 5) is 10.4. The van der Waals surface area contributed by atoms with Gasteiger partial charge in [0, 0.05) is 12.8 Å². The summed E-state index contributed by atoms with van der Waals surface area (Å²) in [5.41, 5.74) is 1.16. The van der Waals surface area contributed by atoms with Gasteiger partial charge in [0.2, 0.25) is 0 Å². The lowest BCUT2D eigenvalue weighted by molar-refractivity contribution is -0.125. The molecule has 0 unspecified atom stereocenters. The van der Waals surface area contributed by atoms with Crippen LogP contribution in [0.15, 0.2) is 12.2 Å². The Hall–Kier alpha value is -0.590. The molecule has 0 aliphatic heterocycles. The van der Waals surface area contributed by atoms with E-state index in [2.05, 4.69) is 6.58 Å². The molecule has 0 aromatic carbocycles. The fraction of sp³-hybridized carbons (Fsp3) is 0.571. The molecule has 1 aliphatic rings. The van der Waals surface area contributed by atoms with Crippen LogP contribution in [0.5, 0.6) is 0 Å². The van der Waals surface area contributed by atoms with E-state index in [4.69, 9.17) is 0 Å². The molecule has 0 atom stereocenters. The molecule has 1 fully saturated rings. The van der Waals surface area contributed by atoms with E-state index in [1.165, 1.54) is 0 Å². The van der Waals surface area contributed by atoms with Gasteiger partial charge in [-0.1, -0.05) is 12.2 Å². The van der Waals surface area contributed by atoms with Crippen molar-refractivity contribution < 1.29 is 4.79 Å². The number of carbonyl (C=O) groups is 1. The Morgan fingerprint density at radius 2 is 2.25 bits per heavy atom. The minimum absolute atomic E-state index is 0.387. The number of hydrogen-bond donors (Lipinski definition) is 0. The number of rotatable bonds is 1. The van der Waals surface area contributed by atoms with Gasteiger partial charge in [-0.3, -0.25) is 4.79 Å². The number of carbonyl (C=O) groups excluding carboxylic acids is 1. The lowest BCUT2D eigenvalue weighted by atomic mass is 9.80. The highest BCUT2D eigenvalue weighted by Gasteiger charge is 2.26. The van der Waals surface area contributed by atoms with Crippen molar-refractivity contribution in [3.05, 3.63) is 12.2 Å². The molecule has 1 nitrogen and oxygen atoms in total. The van der Waals surface area contributed by atoms with Crippen LogP contribution in [-0.4, -0.2) is 5.78 Å². The molecule has 0 amide bonds. The van der Waals surface area contributed by atoms with Crippen LogP contribution in [0.2, 0.25) is 0 Å². The van der Waals surface area contributed by atoms with Gasteiger partial charge in [0.05, 0.1) is 0 Å². The van der Waals surface area contributed by atoms with E-state index < -0.39 is 0 Å². The number of allylic oxidation sites excluding steroid dienone is 1. The molecule has 0 aromatic heterocycles. The monoisotopic (exact) mass is 110 g/mol. The molecule has 1 aliphatic carbocycles. The second-order valence-electron chi connectivity index (χ2n) is 2.49. The average molecular weight is 110 g/mol. The fourth-order valence-electron chi connectivity index (χ4n) is 0.838. The van der Waals surface area contributed by atoms with Crippen molar-refractivity contribution in [2.24, 2.45) is 5.92 Å². The highest BCUT2D eigenvalue weighted by molar-refractivity contribution is 5.85. The van der Waals surface area contributed by atoms with Crippen LogP contribution in [0.3, 0.4) is 0 Å². The average Bonchev–Trinajstić information content (AvgIpc) is 1.57. The third-order valence-corrected chi connectivity index (χ3v) is 1.65. The van der Waals surface area contributed by atoms with Gasteiger partial charge in [-0.25, -0.2) is 0 Å². The minimum Gasteiger partial charge on any atom is -0.300 e. The molecule has 1 rings (SSSR count). The first kappa shape index (κ1) is 5.54. The predicted molar refractivity (Wildman–Crippen MR) is 32.5 cm³/mol. The van der Waals surface area contributed by atoms with Crippen molar-refractivity contribution in [2.75, 3.05) is 0 Å². The van der Waals surface area contributed by atoms with Crippen molar-refractivity contribution in [3.8, 4) is 0 Å². The lowest BCUT2D eigenvalue weighted by Gasteiger charge is -2.23. The molecule has 0 spiro atoms. The standard InChI is InChI=1S/C7H10O/c1-5(2)6-3-7(8)4-6/h6H,1,3-4H2,2H3. The largest absolute Gasteiger partial charge is 0.300 e. The van der Waals surface area contributed by atoms with Gasteiger partial charge >= 0.3 is 0 Å². The molecule has 0 radical (unpaired) electrons. The first-order chi connectivity index (χ1) is 3.70. The maximum atomic E-state index is 10.4. The third-order valence-electron chi connectivity index (χ3n) is 1.65. The zero-order valence-corrected chi connectivity index (χ0v) is 5.11. The smallest absolute Gasteiger partial charge is 0.134 e. The van der Waals surface area contributed by atoms with Crippen molar-refractivity contribution >= 4 is 5.78 Å². The first-order valence-corrected chi connectivity index (χ1v) is 2.87. The maximum Gasteiger partial charge on any atom is 0.134 e. The topological polar surface area (TPSA) is 17.1 Å². The number of Topliss-reactive ketones (excluding diaryl/α,β-unsaturated/α-hetero) is 1. The highest BCUT2D eigenvalue weighted by atomic mass is 16.1. The molecule has 1 heteroatoms. The normalized spacial score (nSPS) is 20.4. The maximum absolute atomic E-state index is 10.4. The molecule has 8 heavy (non-hydrogen) atoms. The van der Waals surface area contributed by atoms with Crippen molar-refractivity contribution in [1.82, 2.24) is 0 Å². The van der Waals surface area contributed by atoms with Gasteiger partial charge in [-0.2, -0.15) is 0 Å². The van der Waals surface area contributed by atoms with E-state index in [1.54, 1.807) is 0 Å². The van der Waals surface area contributed by atoms with Gasteiger partial charge in [0.15, 0.2) is 0 Å². The van der Waals surface area contributed by atoms with Gasteiger partial charge in [0.25, 0.3) is 0 Å². The van der Waals surface area contributed by atoms with Crippen LogP contribution >= 0.6 is 0 Å². The Kier molecular flexibility index (Phi) is 1.20. The number of hydrogen-bond acceptors (Lipinski definition) is 1. The highest BCUT2D eigenvalue weighted by Crippen LogP contribution is 2.28. The van der Waals surface area contributed by atoms with Crippen molar-refractivity contribution in [3.63, 3.8) is 0 Å². The van der Waals surface area contributed by atoms with Crippen LogP contribution < -0.4 is 0 Å². The van der Waals surface area contributed by atoms with E-state index in [1.807, 2.05) is 6.92 Å². The fourth-order valence-corrected chi connectivity index (χ4v) is 0.838. The predicted octanol–water partition coefficient (Wildman–Crippen LogP) is 1.54. The summed E-state index contributed by atoms with van der Waals surface area (Å²) in [6, 6.07) is 0. The van der Waals surface area contributed by atoms with Gasteiger partial charge < -0.3 is 0 Å². The Balaban J connectivity index is 2.35. The molecular weight excluding hydrogens is 100 g/mol. The molecule has 44 valence electrons. The van der Waals surface area contributed by atoms with Gasteiger partial charge in [0.1, 0.15) is 5.78 Å². The summed E-state index contributed by atoms with van der Waals surface area (Å²) in [6.45, 7) is 5.74. The summed E-state index contributed by atoms with van der Waals surface area (Å²) in [7, 11) is 0. The summed E-state index contributed by atoms with van der Waals surface area (Å²) >= 11 is 0. The Morgan fingerprint density at radius 3 is 2.38 bits per heavy atom. The van der Waals surface area contributed by atoms with Gasteiger partial charge in [-0.05, 0) is 12.8 Å². The van der Waals surface area contributed by atoms with E-state index in [9.17, 15) is 4.79 Å². The number of ketones is 1. The zero-order valence-electron chi connectivity index (χ0n) is 5.11. The minimum atomic E-state index is 0.387. The molecule has 0 N–H and O–H groups in total. The molecule has 0 bridgehead atoms. The second-order valence-corrected chi connectivity index (χ2v) is 2.49. The van der Waals surface area contributed by atoms with Crippen molar-refractivity contribution in [2.45, 2.75) is 19.8 Å². The summed E-state index contributed by atoms with van der Waals surface area (Å²) in [5.74, 6) is 0.903. The Morgan fingerprint density at radius 1 is 1.75 bits per heavy atom. The summed E-state index contributed by atoms with van der Waals surface area (Å²) in [6.07, 6.45) is 1.49. The molecule has 0 saturated heterocycles. The van der Waals surface area contributed by atoms with Crippen LogP contribution in [0, 0.1) is 5.92 Å². The summed E-state index contributed by atoms with van der Waals surface area (Å²) < 4.78 is 0. The zero-order chi connectivity index (χ0) is 6.15. The van der Waals surface area contributed by atoms with E-state index in [0.717, 1.165) is 18.4 Å². The second kappa shape index (κ2) is 1.73. The van der Waals surface area contributed by atoms with Crippen molar-refractivity contribution in [1.29, 1.82) is 0 Å². The van der Waals surface area contributed by atoms with E-state index in [-0.39, 0.29) is 0 Å². The molecule has 0 aromatic rings. The van der Waals surface area contributed by atoms with Crippen LogP contribution in [0.4, 0.5) is 0 Å². The quantitative estimate of drug-likeness (QED) is 0.468. The SMILES string of the molecule is C=C(C)C1CC(=O)C1. The van der Waals surface area contributed by atoms with Gasteiger partial charge in [-0.15, -0.1) is 0 Å². The Labute approximate surface area is 49.4 Å². The van der Waals surface area contributed by atoms with Crippen LogP contribution in [0.25, 0.3) is 0 Å². The van der Waals surface area contributed by atoms with Crippen LogP contribution in [0.1, 0.15) is 19.8 Å². The van der Waals surface area contributed by atoms with Crippen LogP contribution in [-0.2, 0) is 4.79 Å².